The molecule has 88 valence electrons. The second-order valence-electron chi connectivity index (χ2n) is 4.11. The van der Waals surface area contributed by atoms with E-state index in [2.05, 4.69) is 5.32 Å². The summed E-state index contributed by atoms with van der Waals surface area (Å²) in [6.45, 7) is 5.88. The van der Waals surface area contributed by atoms with Gasteiger partial charge in [0.15, 0.2) is 0 Å². The van der Waals surface area contributed by atoms with Crippen molar-refractivity contribution in [2.45, 2.75) is 26.8 Å². The summed E-state index contributed by atoms with van der Waals surface area (Å²) >= 11 is 0. The topological polar surface area (TPSA) is 38.3 Å². The number of carbonyl (C=O) groups excluding carboxylic acids is 1. The largest absolute Gasteiger partial charge is 0.469 e. The quantitative estimate of drug-likeness (QED) is 0.794. The number of hydrogen-bond acceptors (Lipinski definition) is 3. The van der Waals surface area contributed by atoms with E-state index in [1.165, 1.54) is 12.7 Å². The SMILES string of the molecule is COC(=O)C(C)C(C)Nc1ccc(C)cc1. The fraction of sp³-hybridized carbons (Fsp3) is 0.462. The highest BCUT2D eigenvalue weighted by molar-refractivity contribution is 5.73. The van der Waals surface area contributed by atoms with Crippen LogP contribution in [-0.2, 0) is 9.53 Å². The van der Waals surface area contributed by atoms with Gasteiger partial charge in [-0.05, 0) is 32.9 Å². The first-order valence-corrected chi connectivity index (χ1v) is 5.45. The molecule has 1 aromatic carbocycles. The molecule has 1 N–H and O–H groups in total. The molecule has 0 fully saturated rings. The number of hydrogen-bond donors (Lipinski definition) is 1. The minimum Gasteiger partial charge on any atom is -0.469 e. The van der Waals surface area contributed by atoms with E-state index in [0.717, 1.165) is 5.69 Å². The van der Waals surface area contributed by atoms with E-state index >= 15 is 0 Å². The number of rotatable bonds is 4. The molecule has 0 aliphatic carbocycles. The smallest absolute Gasteiger partial charge is 0.310 e. The van der Waals surface area contributed by atoms with Crippen LogP contribution in [0.4, 0.5) is 5.69 Å². The van der Waals surface area contributed by atoms with Gasteiger partial charge in [-0.1, -0.05) is 17.7 Å². The Morgan fingerprint density at radius 2 is 1.81 bits per heavy atom. The third kappa shape index (κ3) is 3.26. The average Bonchev–Trinajstić information content (AvgIpc) is 2.30. The maximum atomic E-state index is 11.3. The molecule has 0 bridgehead atoms. The summed E-state index contributed by atoms with van der Waals surface area (Å²) in [5.74, 6) is -0.349. The number of ether oxygens (including phenoxy) is 1. The zero-order chi connectivity index (χ0) is 12.1. The Morgan fingerprint density at radius 3 is 2.31 bits per heavy atom. The van der Waals surface area contributed by atoms with Crippen LogP contribution in [0.15, 0.2) is 24.3 Å². The summed E-state index contributed by atoms with van der Waals surface area (Å²) in [7, 11) is 1.41. The maximum absolute atomic E-state index is 11.3. The van der Waals surface area contributed by atoms with Crippen molar-refractivity contribution in [1.29, 1.82) is 0 Å². The molecule has 0 saturated heterocycles. The Hall–Kier alpha value is -1.51. The fourth-order valence-corrected chi connectivity index (χ4v) is 1.43. The lowest BCUT2D eigenvalue weighted by molar-refractivity contribution is -0.145. The summed E-state index contributed by atoms with van der Waals surface area (Å²) in [4.78, 5) is 11.3. The molecular formula is C13H19NO2. The highest BCUT2D eigenvalue weighted by atomic mass is 16.5. The van der Waals surface area contributed by atoms with Gasteiger partial charge in [-0.3, -0.25) is 4.79 Å². The fourth-order valence-electron chi connectivity index (χ4n) is 1.43. The standard InChI is InChI=1S/C13H19NO2/c1-9-5-7-12(8-6-9)14-11(3)10(2)13(15)16-4/h5-8,10-11,14H,1-4H3. The average molecular weight is 221 g/mol. The van der Waals surface area contributed by atoms with Crippen molar-refractivity contribution >= 4 is 11.7 Å². The Balaban J connectivity index is 2.60. The van der Waals surface area contributed by atoms with Crippen LogP contribution in [0.1, 0.15) is 19.4 Å². The van der Waals surface area contributed by atoms with Crippen molar-refractivity contribution in [2.75, 3.05) is 12.4 Å². The van der Waals surface area contributed by atoms with Gasteiger partial charge in [0.25, 0.3) is 0 Å². The zero-order valence-corrected chi connectivity index (χ0v) is 10.3. The van der Waals surface area contributed by atoms with E-state index in [4.69, 9.17) is 4.74 Å². The van der Waals surface area contributed by atoms with Gasteiger partial charge >= 0.3 is 5.97 Å². The highest BCUT2D eigenvalue weighted by Crippen LogP contribution is 2.14. The molecule has 0 aliphatic heterocycles. The van der Waals surface area contributed by atoms with Crippen LogP contribution in [0.25, 0.3) is 0 Å². The Labute approximate surface area is 96.8 Å². The summed E-state index contributed by atoms with van der Waals surface area (Å²) in [6.07, 6.45) is 0. The molecule has 3 heteroatoms. The van der Waals surface area contributed by atoms with Crippen LogP contribution < -0.4 is 5.32 Å². The molecule has 1 aromatic rings. The van der Waals surface area contributed by atoms with Gasteiger partial charge in [-0.2, -0.15) is 0 Å². The highest BCUT2D eigenvalue weighted by Gasteiger charge is 2.20. The second kappa shape index (κ2) is 5.54. The Morgan fingerprint density at radius 1 is 1.25 bits per heavy atom. The van der Waals surface area contributed by atoms with E-state index in [0.29, 0.717) is 0 Å². The van der Waals surface area contributed by atoms with Crippen molar-refractivity contribution in [3.63, 3.8) is 0 Å². The van der Waals surface area contributed by atoms with Crippen LogP contribution in [0.3, 0.4) is 0 Å². The predicted octanol–water partition coefficient (Wildman–Crippen LogP) is 2.60. The first kappa shape index (κ1) is 12.6. The minimum absolute atomic E-state index is 0.0511. The molecule has 0 heterocycles. The predicted molar refractivity (Wildman–Crippen MR) is 65.4 cm³/mol. The molecule has 0 spiro atoms. The molecule has 2 unspecified atom stereocenters. The number of esters is 1. The van der Waals surface area contributed by atoms with E-state index in [9.17, 15) is 4.79 Å². The third-order valence-corrected chi connectivity index (χ3v) is 2.77. The van der Waals surface area contributed by atoms with Crippen LogP contribution >= 0.6 is 0 Å². The van der Waals surface area contributed by atoms with Gasteiger partial charge in [-0.15, -0.1) is 0 Å². The van der Waals surface area contributed by atoms with Crippen LogP contribution in [0.2, 0.25) is 0 Å². The van der Waals surface area contributed by atoms with E-state index < -0.39 is 0 Å². The van der Waals surface area contributed by atoms with Crippen LogP contribution in [0, 0.1) is 12.8 Å². The van der Waals surface area contributed by atoms with Crippen LogP contribution in [-0.4, -0.2) is 19.1 Å². The van der Waals surface area contributed by atoms with Crippen molar-refractivity contribution in [3.05, 3.63) is 29.8 Å². The summed E-state index contributed by atoms with van der Waals surface area (Å²) in [6, 6.07) is 8.15. The van der Waals surface area contributed by atoms with Crippen molar-refractivity contribution < 1.29 is 9.53 Å². The molecule has 0 radical (unpaired) electrons. The molecule has 1 rings (SSSR count). The molecule has 3 nitrogen and oxygen atoms in total. The number of nitrogens with one attached hydrogen (secondary N) is 1. The summed E-state index contributed by atoms with van der Waals surface area (Å²) in [5.41, 5.74) is 2.24. The Bertz CT molecular complexity index is 345. The molecule has 0 aliphatic rings. The molecule has 16 heavy (non-hydrogen) atoms. The van der Waals surface area contributed by atoms with E-state index in [-0.39, 0.29) is 17.9 Å². The van der Waals surface area contributed by atoms with E-state index in [1.807, 2.05) is 45.0 Å². The van der Waals surface area contributed by atoms with Gasteiger partial charge < -0.3 is 10.1 Å². The maximum Gasteiger partial charge on any atom is 0.310 e. The number of methoxy groups -OCH3 is 1. The molecule has 0 aromatic heterocycles. The zero-order valence-electron chi connectivity index (χ0n) is 10.3. The van der Waals surface area contributed by atoms with Crippen molar-refractivity contribution in [3.8, 4) is 0 Å². The molecule has 2 atom stereocenters. The summed E-state index contributed by atoms with van der Waals surface area (Å²) in [5, 5.41) is 3.28. The first-order valence-electron chi connectivity index (χ1n) is 5.45. The lowest BCUT2D eigenvalue weighted by atomic mass is 10.0. The summed E-state index contributed by atoms with van der Waals surface area (Å²) < 4.78 is 4.71. The normalized spacial score (nSPS) is 14.0. The van der Waals surface area contributed by atoms with Gasteiger partial charge in [0.05, 0.1) is 13.0 Å². The minimum atomic E-state index is -0.188. The lowest BCUT2D eigenvalue weighted by Crippen LogP contribution is -2.30. The van der Waals surface area contributed by atoms with Crippen molar-refractivity contribution in [2.24, 2.45) is 5.92 Å². The number of anilines is 1. The molecule has 0 amide bonds. The molecule has 0 saturated carbocycles. The van der Waals surface area contributed by atoms with Gasteiger partial charge in [0, 0.05) is 11.7 Å². The Kier molecular flexibility index (Phi) is 4.35. The first-order chi connectivity index (χ1) is 7.54. The van der Waals surface area contributed by atoms with Crippen LogP contribution in [0.5, 0.6) is 0 Å². The number of carbonyl (C=O) groups is 1. The van der Waals surface area contributed by atoms with Crippen molar-refractivity contribution in [1.82, 2.24) is 0 Å². The third-order valence-electron chi connectivity index (χ3n) is 2.77. The number of benzene rings is 1. The molecular weight excluding hydrogens is 202 g/mol. The van der Waals surface area contributed by atoms with Gasteiger partial charge in [-0.25, -0.2) is 0 Å². The monoisotopic (exact) mass is 221 g/mol. The number of aryl methyl sites for hydroxylation is 1. The lowest BCUT2D eigenvalue weighted by Gasteiger charge is -2.20. The second-order valence-corrected chi connectivity index (χ2v) is 4.11. The van der Waals surface area contributed by atoms with Gasteiger partial charge in [0.1, 0.15) is 0 Å². The van der Waals surface area contributed by atoms with E-state index in [1.54, 1.807) is 0 Å². The van der Waals surface area contributed by atoms with Gasteiger partial charge in [0.2, 0.25) is 0 Å².